The van der Waals surface area contributed by atoms with Crippen LogP contribution < -0.4 is 0 Å². The van der Waals surface area contributed by atoms with Crippen LogP contribution in [0, 0.1) is 19.3 Å². The van der Waals surface area contributed by atoms with Gasteiger partial charge in [0.2, 0.25) is 0 Å². The average molecular weight is 121 g/mol. The summed E-state index contributed by atoms with van der Waals surface area (Å²) in [5.41, 5.74) is 0. The molecule has 0 aliphatic carbocycles. The summed E-state index contributed by atoms with van der Waals surface area (Å²) in [5.74, 6) is 3.35. The first-order valence-corrected chi connectivity index (χ1v) is 2.62. The summed E-state index contributed by atoms with van der Waals surface area (Å²) in [6, 6.07) is 0. The Bertz CT molecular complexity index is 231. The highest BCUT2D eigenvalue weighted by molar-refractivity contribution is 4.90. The molecule has 1 aromatic rings. The molecule has 0 unspecified atom stereocenters. The molecule has 46 valence electrons. The second-order valence-electron chi connectivity index (χ2n) is 1.71. The van der Waals surface area contributed by atoms with E-state index >= 15 is 0 Å². The lowest BCUT2D eigenvalue weighted by Crippen LogP contribution is -1.95. The van der Waals surface area contributed by atoms with E-state index in [0.29, 0.717) is 6.54 Å². The van der Waals surface area contributed by atoms with Crippen LogP contribution in [0.2, 0.25) is 0 Å². The maximum atomic E-state index is 5.06. The lowest BCUT2D eigenvalue weighted by atomic mass is 10.6. The van der Waals surface area contributed by atoms with Crippen LogP contribution in [-0.2, 0) is 6.54 Å². The van der Waals surface area contributed by atoms with Gasteiger partial charge in [0.25, 0.3) is 0 Å². The van der Waals surface area contributed by atoms with Crippen molar-refractivity contribution in [1.29, 1.82) is 0 Å². The third kappa shape index (κ3) is 1.08. The zero-order chi connectivity index (χ0) is 6.69. The fourth-order valence-electron chi connectivity index (χ4n) is 0.566. The molecule has 1 rings (SSSR count). The standard InChI is InChI=1S/C6H7N3/c1-3-4-9-5-7-8-6(9)2/h1,5H,4H2,2H3. The molecule has 3 heteroatoms. The minimum Gasteiger partial charge on any atom is -0.306 e. The Morgan fingerprint density at radius 1 is 1.89 bits per heavy atom. The van der Waals surface area contributed by atoms with Crippen molar-refractivity contribution in [2.75, 3.05) is 0 Å². The normalized spacial score (nSPS) is 8.89. The van der Waals surface area contributed by atoms with Crippen molar-refractivity contribution in [2.24, 2.45) is 0 Å². The van der Waals surface area contributed by atoms with Crippen LogP contribution >= 0.6 is 0 Å². The van der Waals surface area contributed by atoms with Crippen LogP contribution in [0.25, 0.3) is 0 Å². The molecular formula is C6H7N3. The average Bonchev–Trinajstić information content (AvgIpc) is 2.18. The summed E-state index contributed by atoms with van der Waals surface area (Å²) in [6.07, 6.45) is 6.68. The Hall–Kier alpha value is -1.30. The molecule has 0 aliphatic heterocycles. The monoisotopic (exact) mass is 121 g/mol. The van der Waals surface area contributed by atoms with Gasteiger partial charge in [-0.05, 0) is 6.92 Å². The van der Waals surface area contributed by atoms with E-state index < -0.39 is 0 Å². The van der Waals surface area contributed by atoms with Crippen molar-refractivity contribution in [1.82, 2.24) is 14.8 Å². The second-order valence-corrected chi connectivity index (χ2v) is 1.71. The summed E-state index contributed by atoms with van der Waals surface area (Å²) in [4.78, 5) is 0. The number of terminal acetylenes is 1. The van der Waals surface area contributed by atoms with Gasteiger partial charge in [-0.15, -0.1) is 16.6 Å². The van der Waals surface area contributed by atoms with Gasteiger partial charge in [0.05, 0.1) is 6.54 Å². The van der Waals surface area contributed by atoms with E-state index in [4.69, 9.17) is 6.42 Å². The van der Waals surface area contributed by atoms with Crippen LogP contribution in [0.4, 0.5) is 0 Å². The zero-order valence-electron chi connectivity index (χ0n) is 5.20. The molecule has 9 heavy (non-hydrogen) atoms. The molecule has 0 atom stereocenters. The van der Waals surface area contributed by atoms with Gasteiger partial charge in [0.1, 0.15) is 12.2 Å². The molecule has 0 saturated carbocycles. The highest BCUT2D eigenvalue weighted by Crippen LogP contribution is 1.88. The predicted molar refractivity (Wildman–Crippen MR) is 33.6 cm³/mol. The molecule has 0 bridgehead atoms. The molecule has 0 amide bonds. The maximum absolute atomic E-state index is 5.06. The minimum absolute atomic E-state index is 0.554. The molecule has 3 nitrogen and oxygen atoms in total. The summed E-state index contributed by atoms with van der Waals surface area (Å²) in [5, 5.41) is 7.41. The Kier molecular flexibility index (Phi) is 1.50. The van der Waals surface area contributed by atoms with E-state index in [0.717, 1.165) is 5.82 Å². The molecule has 0 radical (unpaired) electrons. The first-order chi connectivity index (χ1) is 4.34. The van der Waals surface area contributed by atoms with Crippen molar-refractivity contribution in [3.05, 3.63) is 12.2 Å². The van der Waals surface area contributed by atoms with Crippen LogP contribution in [0.1, 0.15) is 5.82 Å². The van der Waals surface area contributed by atoms with Crippen molar-refractivity contribution in [3.63, 3.8) is 0 Å². The van der Waals surface area contributed by atoms with Gasteiger partial charge < -0.3 is 4.57 Å². The first-order valence-electron chi connectivity index (χ1n) is 2.62. The number of aryl methyl sites for hydroxylation is 1. The van der Waals surface area contributed by atoms with Gasteiger partial charge in [-0.1, -0.05) is 5.92 Å². The summed E-state index contributed by atoms with van der Waals surface area (Å²) < 4.78 is 1.81. The minimum atomic E-state index is 0.554. The van der Waals surface area contributed by atoms with E-state index in [1.54, 1.807) is 10.9 Å². The van der Waals surface area contributed by atoms with E-state index in [2.05, 4.69) is 16.1 Å². The molecule has 1 heterocycles. The van der Waals surface area contributed by atoms with Crippen LogP contribution in [-0.4, -0.2) is 14.8 Å². The summed E-state index contributed by atoms with van der Waals surface area (Å²) >= 11 is 0. The predicted octanol–water partition coefficient (Wildman–Crippen LogP) is 0.220. The number of rotatable bonds is 1. The molecule has 0 spiro atoms. The van der Waals surface area contributed by atoms with Gasteiger partial charge in [0, 0.05) is 0 Å². The van der Waals surface area contributed by atoms with Gasteiger partial charge in [-0.3, -0.25) is 0 Å². The lowest BCUT2D eigenvalue weighted by molar-refractivity contribution is 0.797. The number of hydrogen-bond acceptors (Lipinski definition) is 2. The number of hydrogen-bond donors (Lipinski definition) is 0. The smallest absolute Gasteiger partial charge is 0.130 e. The molecule has 0 N–H and O–H groups in total. The quantitative estimate of drug-likeness (QED) is 0.497. The Labute approximate surface area is 53.7 Å². The Balaban J connectivity index is 2.84. The molecule has 0 aliphatic rings. The fraction of sp³-hybridized carbons (Fsp3) is 0.333. The van der Waals surface area contributed by atoms with Gasteiger partial charge >= 0.3 is 0 Å². The van der Waals surface area contributed by atoms with E-state index in [1.165, 1.54) is 0 Å². The van der Waals surface area contributed by atoms with E-state index in [1.807, 2.05) is 6.92 Å². The number of nitrogens with zero attached hydrogens (tertiary/aromatic N) is 3. The number of aromatic nitrogens is 3. The SMILES string of the molecule is C#CCn1cnnc1C. The van der Waals surface area contributed by atoms with Crippen molar-refractivity contribution in [2.45, 2.75) is 13.5 Å². The third-order valence-electron chi connectivity index (χ3n) is 1.07. The maximum Gasteiger partial charge on any atom is 0.130 e. The topological polar surface area (TPSA) is 30.7 Å². The highest BCUT2D eigenvalue weighted by Gasteiger charge is 1.92. The second kappa shape index (κ2) is 2.31. The van der Waals surface area contributed by atoms with Gasteiger partial charge in [0.15, 0.2) is 0 Å². The van der Waals surface area contributed by atoms with Crippen LogP contribution in [0.15, 0.2) is 6.33 Å². The molecule has 1 aromatic heterocycles. The lowest BCUT2D eigenvalue weighted by Gasteiger charge is -1.92. The summed E-state index contributed by atoms with van der Waals surface area (Å²) in [7, 11) is 0. The highest BCUT2D eigenvalue weighted by atomic mass is 15.2. The Morgan fingerprint density at radius 3 is 3.11 bits per heavy atom. The molecule has 0 fully saturated rings. The van der Waals surface area contributed by atoms with Crippen molar-refractivity contribution >= 4 is 0 Å². The largest absolute Gasteiger partial charge is 0.306 e. The molecule has 0 aromatic carbocycles. The fourth-order valence-corrected chi connectivity index (χ4v) is 0.566. The van der Waals surface area contributed by atoms with Gasteiger partial charge in [-0.25, -0.2) is 0 Å². The zero-order valence-corrected chi connectivity index (χ0v) is 5.20. The van der Waals surface area contributed by atoms with Crippen LogP contribution in [0.5, 0.6) is 0 Å². The third-order valence-corrected chi connectivity index (χ3v) is 1.07. The first kappa shape index (κ1) is 5.83. The van der Waals surface area contributed by atoms with E-state index in [9.17, 15) is 0 Å². The summed E-state index contributed by atoms with van der Waals surface area (Å²) in [6.45, 7) is 2.42. The van der Waals surface area contributed by atoms with Crippen molar-refractivity contribution in [3.8, 4) is 12.3 Å². The molecule has 0 saturated heterocycles. The Morgan fingerprint density at radius 2 is 2.67 bits per heavy atom. The molecular weight excluding hydrogens is 114 g/mol. The van der Waals surface area contributed by atoms with Crippen LogP contribution in [0.3, 0.4) is 0 Å². The van der Waals surface area contributed by atoms with E-state index in [-0.39, 0.29) is 0 Å². The van der Waals surface area contributed by atoms with Crippen molar-refractivity contribution < 1.29 is 0 Å². The van der Waals surface area contributed by atoms with Gasteiger partial charge in [-0.2, -0.15) is 0 Å².